The van der Waals surface area contributed by atoms with Gasteiger partial charge in [-0.15, -0.1) is 0 Å². The molecule has 1 aromatic carbocycles. The van der Waals surface area contributed by atoms with E-state index in [2.05, 4.69) is 10.3 Å². The van der Waals surface area contributed by atoms with E-state index < -0.39 is 0 Å². The molecule has 55 valence electrons. The Balaban J connectivity index is 2.52. The SMILES string of the molecule is Cc1ccc2c(c1)[N]C(N)=N2. The molecule has 0 aromatic heterocycles. The van der Waals surface area contributed by atoms with Crippen LogP contribution < -0.4 is 11.1 Å². The molecule has 3 nitrogen and oxygen atoms in total. The molecule has 0 saturated heterocycles. The molecule has 2 N–H and O–H groups in total. The van der Waals surface area contributed by atoms with E-state index in [0.29, 0.717) is 5.96 Å². The Morgan fingerprint density at radius 1 is 1.27 bits per heavy atom. The van der Waals surface area contributed by atoms with E-state index in [0.717, 1.165) is 11.4 Å². The lowest BCUT2D eigenvalue weighted by atomic mass is 10.2. The van der Waals surface area contributed by atoms with E-state index in [1.807, 2.05) is 25.1 Å². The van der Waals surface area contributed by atoms with E-state index in [-0.39, 0.29) is 0 Å². The second-order valence-electron chi connectivity index (χ2n) is 2.57. The summed E-state index contributed by atoms with van der Waals surface area (Å²) in [5.41, 5.74) is 8.34. The number of rotatable bonds is 0. The molecule has 1 radical (unpaired) electrons. The highest BCUT2D eigenvalue weighted by Gasteiger charge is 2.11. The van der Waals surface area contributed by atoms with E-state index in [9.17, 15) is 0 Å². The van der Waals surface area contributed by atoms with Crippen LogP contribution in [0.5, 0.6) is 0 Å². The van der Waals surface area contributed by atoms with Gasteiger partial charge in [0.25, 0.3) is 0 Å². The third kappa shape index (κ3) is 0.941. The lowest BCUT2D eigenvalue weighted by Gasteiger charge is -1.95. The van der Waals surface area contributed by atoms with Crippen LogP contribution in [0.3, 0.4) is 0 Å². The minimum Gasteiger partial charge on any atom is -0.368 e. The Morgan fingerprint density at radius 2 is 2.09 bits per heavy atom. The van der Waals surface area contributed by atoms with Gasteiger partial charge in [-0.2, -0.15) is 0 Å². The van der Waals surface area contributed by atoms with Gasteiger partial charge < -0.3 is 5.73 Å². The minimum absolute atomic E-state index is 0.352. The monoisotopic (exact) mass is 146 g/mol. The van der Waals surface area contributed by atoms with Gasteiger partial charge in [-0.3, -0.25) is 0 Å². The fourth-order valence-electron chi connectivity index (χ4n) is 1.09. The number of hydrogen-bond donors (Lipinski definition) is 1. The van der Waals surface area contributed by atoms with Gasteiger partial charge >= 0.3 is 0 Å². The van der Waals surface area contributed by atoms with Crippen LogP contribution in [0, 0.1) is 6.92 Å². The maximum atomic E-state index is 5.42. The highest BCUT2D eigenvalue weighted by molar-refractivity contribution is 5.93. The third-order valence-electron chi connectivity index (χ3n) is 1.60. The van der Waals surface area contributed by atoms with Crippen molar-refractivity contribution in [3.8, 4) is 0 Å². The average Bonchev–Trinajstić information content (AvgIpc) is 2.27. The summed E-state index contributed by atoms with van der Waals surface area (Å²) in [6.45, 7) is 2.02. The molecule has 3 heteroatoms. The number of aliphatic imine (C=N–C) groups is 1. The molecule has 0 saturated carbocycles. The van der Waals surface area contributed by atoms with Crippen molar-refractivity contribution in [2.45, 2.75) is 6.92 Å². The van der Waals surface area contributed by atoms with Crippen molar-refractivity contribution in [2.75, 3.05) is 0 Å². The number of hydrogen-bond acceptors (Lipinski definition) is 2. The van der Waals surface area contributed by atoms with Gasteiger partial charge in [-0.1, -0.05) is 6.07 Å². The standard InChI is InChI=1S/C8H8N3/c1-5-2-3-6-7(4-5)11-8(9)10-6/h2-4H,1H3,(H2,9,10). The molecular formula is C8H8N3. The highest BCUT2D eigenvalue weighted by Crippen LogP contribution is 2.29. The highest BCUT2D eigenvalue weighted by atomic mass is 15.2. The first kappa shape index (κ1) is 6.22. The number of nitrogens with zero attached hydrogens (tertiary/aromatic N) is 2. The summed E-state index contributed by atoms with van der Waals surface area (Å²) in [6, 6.07) is 5.89. The van der Waals surface area contributed by atoms with Crippen LogP contribution in [0.1, 0.15) is 5.56 Å². The van der Waals surface area contributed by atoms with Crippen molar-refractivity contribution in [3.05, 3.63) is 23.8 Å². The normalized spacial score (nSPS) is 13.7. The topological polar surface area (TPSA) is 52.5 Å². The summed E-state index contributed by atoms with van der Waals surface area (Å²) < 4.78 is 0. The fraction of sp³-hybridized carbons (Fsp3) is 0.125. The summed E-state index contributed by atoms with van der Waals surface area (Å²) in [5, 5.41) is 4.04. The first-order valence-corrected chi connectivity index (χ1v) is 3.42. The predicted molar refractivity (Wildman–Crippen MR) is 44.3 cm³/mol. The van der Waals surface area contributed by atoms with Crippen molar-refractivity contribution in [2.24, 2.45) is 10.7 Å². The zero-order valence-corrected chi connectivity index (χ0v) is 6.20. The summed E-state index contributed by atoms with van der Waals surface area (Å²) >= 11 is 0. The van der Waals surface area contributed by atoms with Gasteiger partial charge in [0.1, 0.15) is 0 Å². The number of fused-ring (bicyclic) bond motifs is 1. The van der Waals surface area contributed by atoms with Gasteiger partial charge in [-0.05, 0) is 24.6 Å². The Hall–Kier alpha value is -1.51. The maximum Gasteiger partial charge on any atom is 0.221 e. The van der Waals surface area contributed by atoms with Crippen LogP contribution in [0.25, 0.3) is 0 Å². The van der Waals surface area contributed by atoms with Gasteiger partial charge in [-0.25, -0.2) is 10.3 Å². The molecule has 1 heterocycles. The van der Waals surface area contributed by atoms with Crippen LogP contribution in [-0.2, 0) is 0 Å². The van der Waals surface area contributed by atoms with Gasteiger partial charge in [0.15, 0.2) is 0 Å². The second-order valence-corrected chi connectivity index (χ2v) is 2.57. The van der Waals surface area contributed by atoms with Crippen LogP contribution in [-0.4, -0.2) is 5.96 Å². The summed E-state index contributed by atoms with van der Waals surface area (Å²) in [5.74, 6) is 0.352. The number of nitrogens with two attached hydrogens (primary N) is 1. The van der Waals surface area contributed by atoms with Crippen LogP contribution in [0.15, 0.2) is 23.2 Å². The molecular weight excluding hydrogens is 138 g/mol. The van der Waals surface area contributed by atoms with Crippen molar-refractivity contribution in [1.29, 1.82) is 0 Å². The zero-order valence-electron chi connectivity index (χ0n) is 6.20. The van der Waals surface area contributed by atoms with Crippen molar-refractivity contribution in [3.63, 3.8) is 0 Å². The van der Waals surface area contributed by atoms with E-state index >= 15 is 0 Å². The van der Waals surface area contributed by atoms with Crippen molar-refractivity contribution in [1.82, 2.24) is 5.32 Å². The Morgan fingerprint density at radius 3 is 2.91 bits per heavy atom. The molecule has 1 aliphatic heterocycles. The molecule has 0 atom stereocenters. The van der Waals surface area contributed by atoms with Crippen molar-refractivity contribution >= 4 is 17.3 Å². The quantitative estimate of drug-likeness (QED) is 0.587. The lowest BCUT2D eigenvalue weighted by Crippen LogP contribution is -2.16. The smallest absolute Gasteiger partial charge is 0.221 e. The van der Waals surface area contributed by atoms with Crippen LogP contribution in [0.4, 0.5) is 11.4 Å². The number of benzene rings is 1. The molecule has 0 fully saturated rings. The van der Waals surface area contributed by atoms with Crippen molar-refractivity contribution < 1.29 is 0 Å². The van der Waals surface area contributed by atoms with E-state index in [4.69, 9.17) is 5.73 Å². The molecule has 2 rings (SSSR count). The fourth-order valence-corrected chi connectivity index (χ4v) is 1.09. The molecule has 0 spiro atoms. The Bertz CT molecular complexity index is 328. The average molecular weight is 146 g/mol. The first-order valence-electron chi connectivity index (χ1n) is 3.42. The number of aryl methyl sites for hydroxylation is 1. The largest absolute Gasteiger partial charge is 0.368 e. The lowest BCUT2D eigenvalue weighted by molar-refractivity contribution is 1.26. The second kappa shape index (κ2) is 1.99. The van der Waals surface area contributed by atoms with E-state index in [1.54, 1.807) is 0 Å². The summed E-state index contributed by atoms with van der Waals surface area (Å²) in [7, 11) is 0. The minimum atomic E-state index is 0.352. The molecule has 0 aliphatic carbocycles. The summed E-state index contributed by atoms with van der Waals surface area (Å²) in [6.07, 6.45) is 0. The first-order chi connectivity index (χ1) is 5.25. The summed E-state index contributed by atoms with van der Waals surface area (Å²) in [4.78, 5) is 4.02. The predicted octanol–water partition coefficient (Wildman–Crippen LogP) is 1.19. The molecule has 11 heavy (non-hydrogen) atoms. The maximum absolute atomic E-state index is 5.42. The van der Waals surface area contributed by atoms with Gasteiger partial charge in [0.05, 0.1) is 11.4 Å². The molecule has 1 aromatic rings. The Labute approximate surface area is 64.9 Å². The third-order valence-corrected chi connectivity index (χ3v) is 1.60. The molecule has 0 bridgehead atoms. The van der Waals surface area contributed by atoms with Gasteiger partial charge in [0, 0.05) is 0 Å². The molecule has 1 aliphatic rings. The molecule has 0 amide bonds. The Kier molecular flexibility index (Phi) is 1.12. The van der Waals surface area contributed by atoms with E-state index in [1.165, 1.54) is 5.56 Å². The number of guanidine groups is 1. The van der Waals surface area contributed by atoms with Crippen LogP contribution in [0.2, 0.25) is 0 Å². The van der Waals surface area contributed by atoms with Crippen LogP contribution >= 0.6 is 0 Å². The van der Waals surface area contributed by atoms with Gasteiger partial charge in [0.2, 0.25) is 5.96 Å². The molecule has 0 unspecified atom stereocenters. The zero-order chi connectivity index (χ0) is 7.84.